The van der Waals surface area contributed by atoms with Crippen LogP contribution in [0.2, 0.25) is 0 Å². The molecule has 0 spiro atoms. The van der Waals surface area contributed by atoms with Gasteiger partial charge in [-0.25, -0.2) is 0 Å². The van der Waals surface area contributed by atoms with Crippen LogP contribution in [0.25, 0.3) is 55.6 Å². The first-order chi connectivity index (χ1) is 33.2. The Hall–Kier alpha value is -4.70. The fraction of sp³-hybridized carbons (Fsp3) is 0.463. The lowest BCUT2D eigenvalue weighted by molar-refractivity contribution is 0.00578. The molecule has 4 aliphatic rings. The minimum absolute atomic E-state index is 0.0409. The molecular formula is C67H81BO2. The molecule has 0 unspecified atom stereocenters. The lowest BCUT2D eigenvalue weighted by atomic mass is 9.67. The van der Waals surface area contributed by atoms with Crippen molar-refractivity contribution in [2.24, 2.45) is 23.7 Å². The van der Waals surface area contributed by atoms with Gasteiger partial charge in [0, 0.05) is 16.2 Å². The Balaban J connectivity index is 1.02. The van der Waals surface area contributed by atoms with E-state index >= 15 is 0 Å². The normalized spacial score (nSPS) is 18.1. The average Bonchev–Trinajstić information content (AvgIpc) is 3.92. The number of hydrogen-bond donors (Lipinski definition) is 0. The highest BCUT2D eigenvalue weighted by Crippen LogP contribution is 2.58. The first-order valence-corrected chi connectivity index (χ1v) is 27.4. The predicted molar refractivity (Wildman–Crippen MR) is 299 cm³/mol. The standard InChI is InChI=1S/C67H81BO2/c1-42(2)29-33-66(34-30-43(3)4)57-18-16-15-17-51(57)54-26-21-48(39-60(54)66)46-19-24-52-53-25-20-47(38-59(53)63(9,10)58(52)37-46)49-22-27-55-56-28-23-50(68-69-64(11,12)65(13,14)70-68)41-62(56)67(61(55)40-49,35-31-44(5)6)36-32-45(7)8/h15-28,37-45H,29-36H2,1-14H3. The third kappa shape index (κ3) is 8.09. The maximum Gasteiger partial charge on any atom is 0.494 e. The quantitative estimate of drug-likeness (QED) is 0.0956. The van der Waals surface area contributed by atoms with Gasteiger partial charge in [-0.2, -0.15) is 0 Å². The summed E-state index contributed by atoms with van der Waals surface area (Å²) in [5, 5.41) is 0. The third-order valence-corrected chi connectivity index (χ3v) is 18.1. The maximum atomic E-state index is 6.68. The van der Waals surface area contributed by atoms with Crippen molar-refractivity contribution in [1.82, 2.24) is 0 Å². The van der Waals surface area contributed by atoms with E-state index in [0.717, 1.165) is 18.3 Å². The van der Waals surface area contributed by atoms with E-state index in [1.54, 1.807) is 11.1 Å². The van der Waals surface area contributed by atoms with E-state index in [9.17, 15) is 0 Å². The molecule has 6 aromatic rings. The molecule has 2 nitrogen and oxygen atoms in total. The topological polar surface area (TPSA) is 18.5 Å². The van der Waals surface area contributed by atoms with Crippen molar-refractivity contribution in [1.29, 1.82) is 0 Å². The Morgan fingerprint density at radius 1 is 0.357 bits per heavy atom. The second-order valence-corrected chi connectivity index (χ2v) is 25.5. The second-order valence-electron chi connectivity index (χ2n) is 25.5. The molecule has 0 aromatic heterocycles. The van der Waals surface area contributed by atoms with Crippen molar-refractivity contribution in [2.75, 3.05) is 0 Å². The van der Waals surface area contributed by atoms with Crippen molar-refractivity contribution >= 4 is 12.6 Å². The van der Waals surface area contributed by atoms with E-state index in [0.29, 0.717) is 23.7 Å². The fourth-order valence-electron chi connectivity index (χ4n) is 13.0. The highest BCUT2D eigenvalue weighted by Gasteiger charge is 2.53. The molecule has 0 atom stereocenters. The highest BCUT2D eigenvalue weighted by molar-refractivity contribution is 6.62. The zero-order valence-electron chi connectivity index (χ0n) is 45.3. The summed E-state index contributed by atoms with van der Waals surface area (Å²) in [5.74, 6) is 2.54. The lowest BCUT2D eigenvalue weighted by Gasteiger charge is -2.34. The zero-order chi connectivity index (χ0) is 49.7. The van der Waals surface area contributed by atoms with Crippen LogP contribution in [0.1, 0.15) is 182 Å². The van der Waals surface area contributed by atoms with Gasteiger partial charge in [0.05, 0.1) is 11.2 Å². The Morgan fingerprint density at radius 3 is 1.07 bits per heavy atom. The summed E-state index contributed by atoms with van der Waals surface area (Å²) in [6.45, 7) is 32.6. The van der Waals surface area contributed by atoms with Gasteiger partial charge in [-0.1, -0.05) is 160 Å². The van der Waals surface area contributed by atoms with Crippen LogP contribution < -0.4 is 5.46 Å². The monoisotopic (exact) mass is 929 g/mol. The lowest BCUT2D eigenvalue weighted by Crippen LogP contribution is -2.41. The van der Waals surface area contributed by atoms with Crippen molar-refractivity contribution in [3.8, 4) is 55.6 Å². The van der Waals surface area contributed by atoms with Crippen LogP contribution in [0.4, 0.5) is 0 Å². The number of fused-ring (bicyclic) bond motifs is 9. The van der Waals surface area contributed by atoms with Gasteiger partial charge < -0.3 is 9.31 Å². The van der Waals surface area contributed by atoms with Gasteiger partial charge in [0.1, 0.15) is 0 Å². The van der Waals surface area contributed by atoms with Gasteiger partial charge in [-0.3, -0.25) is 0 Å². The highest BCUT2D eigenvalue weighted by atomic mass is 16.7. The van der Waals surface area contributed by atoms with Crippen LogP contribution in [0.5, 0.6) is 0 Å². The average molecular weight is 929 g/mol. The van der Waals surface area contributed by atoms with Crippen LogP contribution >= 0.6 is 0 Å². The number of hydrogen-bond acceptors (Lipinski definition) is 2. The Kier molecular flexibility index (Phi) is 12.4. The maximum absolute atomic E-state index is 6.68. The molecule has 70 heavy (non-hydrogen) atoms. The smallest absolute Gasteiger partial charge is 0.399 e. The molecule has 3 heteroatoms. The summed E-state index contributed by atoms with van der Waals surface area (Å²) < 4.78 is 13.4. The van der Waals surface area contributed by atoms with Gasteiger partial charge in [0.25, 0.3) is 0 Å². The first kappa shape index (κ1) is 48.9. The molecule has 1 aliphatic heterocycles. The van der Waals surface area contributed by atoms with Gasteiger partial charge in [-0.15, -0.1) is 0 Å². The summed E-state index contributed by atoms with van der Waals surface area (Å²) in [7, 11) is -0.387. The van der Waals surface area contributed by atoms with E-state index < -0.39 is 11.2 Å². The van der Waals surface area contributed by atoms with Crippen LogP contribution in [-0.4, -0.2) is 18.3 Å². The molecule has 0 N–H and O–H groups in total. The minimum Gasteiger partial charge on any atom is -0.399 e. The molecule has 0 bridgehead atoms. The van der Waals surface area contributed by atoms with Crippen LogP contribution in [0.3, 0.4) is 0 Å². The van der Waals surface area contributed by atoms with Gasteiger partial charge in [-0.05, 0) is 221 Å². The van der Waals surface area contributed by atoms with Crippen LogP contribution in [-0.2, 0) is 25.6 Å². The Morgan fingerprint density at radius 2 is 0.671 bits per heavy atom. The summed E-state index contributed by atoms with van der Waals surface area (Å²) >= 11 is 0. The second kappa shape index (κ2) is 17.8. The molecule has 0 amide bonds. The molecule has 1 heterocycles. The van der Waals surface area contributed by atoms with E-state index in [4.69, 9.17) is 9.31 Å². The molecule has 0 radical (unpaired) electrons. The van der Waals surface area contributed by atoms with E-state index in [1.807, 2.05) is 0 Å². The van der Waals surface area contributed by atoms with Gasteiger partial charge in [0.15, 0.2) is 0 Å². The van der Waals surface area contributed by atoms with Crippen molar-refractivity contribution in [3.05, 3.63) is 149 Å². The largest absolute Gasteiger partial charge is 0.494 e. The molecule has 6 aromatic carbocycles. The molecule has 364 valence electrons. The number of rotatable bonds is 15. The number of benzene rings is 6. The van der Waals surface area contributed by atoms with Crippen molar-refractivity contribution < 1.29 is 9.31 Å². The molecule has 1 fully saturated rings. The molecule has 0 saturated carbocycles. The molecule has 1 saturated heterocycles. The third-order valence-electron chi connectivity index (χ3n) is 18.1. The Bertz CT molecular complexity index is 2920. The molecular weight excluding hydrogens is 848 g/mol. The zero-order valence-corrected chi connectivity index (χ0v) is 45.3. The van der Waals surface area contributed by atoms with E-state index in [1.165, 1.54) is 116 Å². The molecule has 3 aliphatic carbocycles. The summed E-state index contributed by atoms with van der Waals surface area (Å²) in [5.41, 5.74) is 22.7. The van der Waals surface area contributed by atoms with Crippen molar-refractivity contribution in [3.63, 3.8) is 0 Å². The van der Waals surface area contributed by atoms with Crippen LogP contribution in [0, 0.1) is 23.7 Å². The van der Waals surface area contributed by atoms with Crippen molar-refractivity contribution in [2.45, 2.75) is 176 Å². The summed E-state index contributed by atoms with van der Waals surface area (Å²) in [6, 6.07) is 46.0. The van der Waals surface area contributed by atoms with Gasteiger partial charge in [0.2, 0.25) is 0 Å². The summed E-state index contributed by atoms with van der Waals surface area (Å²) in [4.78, 5) is 0. The predicted octanol–water partition coefficient (Wildman–Crippen LogP) is 17.9. The Labute approximate surface area is 423 Å². The summed E-state index contributed by atoms with van der Waals surface area (Å²) in [6.07, 6.45) is 9.42. The van der Waals surface area contributed by atoms with E-state index in [-0.39, 0.29) is 23.4 Å². The SMILES string of the molecule is CC(C)CCC1(CCC(C)C)c2ccccc2-c2ccc(-c3ccc4c(c3)C(C)(C)c3cc(-c5ccc6c(c5)C(CCC(C)C)(CCC(C)C)c5cc(B7OC(C)(C)C(C)(C)O7)ccc5-6)ccc3-4)cc21. The van der Waals surface area contributed by atoms with Crippen LogP contribution in [0.15, 0.2) is 115 Å². The first-order valence-electron chi connectivity index (χ1n) is 27.4. The fourth-order valence-corrected chi connectivity index (χ4v) is 13.0. The molecule has 10 rings (SSSR count). The minimum atomic E-state index is -0.391. The van der Waals surface area contributed by atoms with E-state index in [2.05, 4.69) is 212 Å². The van der Waals surface area contributed by atoms with Gasteiger partial charge >= 0.3 is 7.12 Å².